The average Bonchev–Trinajstić information content (AvgIpc) is 2.32. The topological polar surface area (TPSA) is 40.9 Å². The van der Waals surface area contributed by atoms with E-state index in [0.29, 0.717) is 12.8 Å². The van der Waals surface area contributed by atoms with Gasteiger partial charge >= 0.3 is 0 Å². The second kappa shape index (κ2) is 4.33. The minimum Gasteiger partial charge on any atom is -0.300 e. The molecule has 88 valence electrons. The van der Waals surface area contributed by atoms with Crippen LogP contribution in [0.1, 0.15) is 42.4 Å². The van der Waals surface area contributed by atoms with Gasteiger partial charge in [0.05, 0.1) is 11.5 Å². The van der Waals surface area contributed by atoms with Gasteiger partial charge in [0.1, 0.15) is 5.78 Å². The van der Waals surface area contributed by atoms with Crippen molar-refractivity contribution in [1.29, 1.82) is 5.26 Å². The lowest BCUT2D eigenvalue weighted by atomic mass is 9.69. The van der Waals surface area contributed by atoms with Gasteiger partial charge in [0.15, 0.2) is 0 Å². The lowest BCUT2D eigenvalue weighted by Gasteiger charge is -2.30. The maximum Gasteiger partial charge on any atom is 0.134 e. The number of hydrogen-bond donors (Lipinski definition) is 0. The van der Waals surface area contributed by atoms with Crippen LogP contribution in [-0.2, 0) is 10.2 Å². The van der Waals surface area contributed by atoms with Crippen LogP contribution < -0.4 is 0 Å². The number of ketones is 1. The van der Waals surface area contributed by atoms with Crippen molar-refractivity contribution in [2.75, 3.05) is 0 Å². The van der Waals surface area contributed by atoms with Crippen LogP contribution in [0.3, 0.4) is 0 Å². The SMILES string of the molecule is Cc1ccc(C2(C#N)CCCC(=O)C2)cc1C. The summed E-state index contributed by atoms with van der Waals surface area (Å²) in [5, 5.41) is 9.47. The zero-order chi connectivity index (χ0) is 12.5. The summed E-state index contributed by atoms with van der Waals surface area (Å²) in [4.78, 5) is 11.6. The largest absolute Gasteiger partial charge is 0.300 e. The van der Waals surface area contributed by atoms with Crippen LogP contribution >= 0.6 is 0 Å². The van der Waals surface area contributed by atoms with Gasteiger partial charge in [0.25, 0.3) is 0 Å². The molecular formula is C15H17NO. The van der Waals surface area contributed by atoms with Gasteiger partial charge in [-0.1, -0.05) is 18.2 Å². The lowest BCUT2D eigenvalue weighted by Crippen LogP contribution is -2.31. The summed E-state index contributed by atoms with van der Waals surface area (Å²) in [6, 6.07) is 8.51. The number of nitrogens with zero attached hydrogens (tertiary/aromatic N) is 1. The number of Topliss-reactive ketones (excluding diaryl/α,β-unsaturated/α-hetero) is 1. The van der Waals surface area contributed by atoms with Crippen LogP contribution in [0.25, 0.3) is 0 Å². The minimum atomic E-state index is -0.576. The van der Waals surface area contributed by atoms with Gasteiger partial charge in [-0.15, -0.1) is 0 Å². The van der Waals surface area contributed by atoms with Crippen LogP contribution in [0.4, 0.5) is 0 Å². The molecule has 1 fully saturated rings. The van der Waals surface area contributed by atoms with Gasteiger partial charge < -0.3 is 0 Å². The first kappa shape index (κ1) is 11.9. The van der Waals surface area contributed by atoms with Gasteiger partial charge in [-0.25, -0.2) is 0 Å². The first-order chi connectivity index (χ1) is 8.07. The first-order valence-corrected chi connectivity index (χ1v) is 6.08. The summed E-state index contributed by atoms with van der Waals surface area (Å²) >= 11 is 0. The third-order valence-corrected chi connectivity index (χ3v) is 3.83. The molecule has 0 saturated heterocycles. The van der Waals surface area contributed by atoms with Crippen molar-refractivity contribution < 1.29 is 4.79 Å². The molecule has 2 nitrogen and oxygen atoms in total. The number of rotatable bonds is 1. The summed E-state index contributed by atoms with van der Waals surface area (Å²) in [5.41, 5.74) is 2.85. The zero-order valence-corrected chi connectivity index (χ0v) is 10.4. The summed E-state index contributed by atoms with van der Waals surface area (Å²) in [6.07, 6.45) is 2.65. The van der Waals surface area contributed by atoms with Crippen molar-refractivity contribution in [2.45, 2.75) is 44.9 Å². The van der Waals surface area contributed by atoms with Crippen LogP contribution in [0.2, 0.25) is 0 Å². The number of carbonyl (C=O) groups excluding carboxylic acids is 1. The number of nitriles is 1. The number of hydrogen-bond acceptors (Lipinski definition) is 2. The average molecular weight is 227 g/mol. The molecule has 1 saturated carbocycles. The summed E-state index contributed by atoms with van der Waals surface area (Å²) < 4.78 is 0. The number of aryl methyl sites for hydroxylation is 2. The van der Waals surface area contributed by atoms with Crippen LogP contribution in [0.15, 0.2) is 18.2 Å². The van der Waals surface area contributed by atoms with Crippen LogP contribution in [0, 0.1) is 25.2 Å². The van der Waals surface area contributed by atoms with Gasteiger partial charge in [-0.3, -0.25) is 4.79 Å². The third-order valence-electron chi connectivity index (χ3n) is 3.83. The molecule has 0 bridgehead atoms. The molecule has 17 heavy (non-hydrogen) atoms. The van der Waals surface area contributed by atoms with E-state index in [9.17, 15) is 10.1 Å². The molecule has 2 rings (SSSR count). The Morgan fingerprint density at radius 2 is 2.06 bits per heavy atom. The fourth-order valence-electron chi connectivity index (χ4n) is 2.55. The van der Waals surface area contributed by atoms with E-state index in [0.717, 1.165) is 18.4 Å². The molecule has 1 atom stereocenters. The van der Waals surface area contributed by atoms with Crippen LogP contribution in [0.5, 0.6) is 0 Å². The Kier molecular flexibility index (Phi) is 3.02. The molecule has 0 radical (unpaired) electrons. The highest BCUT2D eigenvalue weighted by molar-refractivity contribution is 5.81. The lowest BCUT2D eigenvalue weighted by molar-refractivity contribution is -0.121. The smallest absolute Gasteiger partial charge is 0.134 e. The molecular weight excluding hydrogens is 210 g/mol. The fourth-order valence-corrected chi connectivity index (χ4v) is 2.55. The molecule has 0 aliphatic heterocycles. The van der Waals surface area contributed by atoms with E-state index in [1.165, 1.54) is 11.1 Å². The monoisotopic (exact) mass is 227 g/mol. The van der Waals surface area contributed by atoms with E-state index >= 15 is 0 Å². The molecule has 0 aromatic heterocycles. The highest BCUT2D eigenvalue weighted by Gasteiger charge is 2.37. The summed E-state index contributed by atoms with van der Waals surface area (Å²) in [6.45, 7) is 4.11. The number of benzene rings is 1. The Labute approximate surface area is 102 Å². The molecule has 0 heterocycles. The molecule has 1 aliphatic rings. The maximum absolute atomic E-state index is 11.6. The maximum atomic E-state index is 11.6. The normalized spacial score (nSPS) is 24.4. The predicted molar refractivity (Wildman–Crippen MR) is 66.7 cm³/mol. The van der Waals surface area contributed by atoms with Crippen molar-refractivity contribution in [1.82, 2.24) is 0 Å². The van der Waals surface area contributed by atoms with Gasteiger partial charge in [0.2, 0.25) is 0 Å². The Morgan fingerprint density at radius 3 is 2.65 bits per heavy atom. The minimum absolute atomic E-state index is 0.219. The second-order valence-electron chi connectivity index (χ2n) is 5.06. The van der Waals surface area contributed by atoms with Gasteiger partial charge in [0, 0.05) is 12.8 Å². The summed E-state index contributed by atoms with van der Waals surface area (Å²) in [5.74, 6) is 0.219. The molecule has 0 amide bonds. The van der Waals surface area contributed by atoms with Gasteiger partial charge in [-0.2, -0.15) is 5.26 Å². The van der Waals surface area contributed by atoms with E-state index in [4.69, 9.17) is 0 Å². The fraction of sp³-hybridized carbons (Fsp3) is 0.467. The third kappa shape index (κ3) is 2.10. The van der Waals surface area contributed by atoms with E-state index in [-0.39, 0.29) is 5.78 Å². The Balaban J connectivity index is 2.44. The van der Waals surface area contributed by atoms with Gasteiger partial charge in [-0.05, 0) is 43.4 Å². The van der Waals surface area contributed by atoms with Crippen LogP contribution in [-0.4, -0.2) is 5.78 Å². The van der Waals surface area contributed by atoms with E-state index in [1.807, 2.05) is 12.1 Å². The number of carbonyl (C=O) groups is 1. The Hall–Kier alpha value is -1.62. The molecule has 1 aromatic carbocycles. The Bertz CT molecular complexity index is 498. The molecule has 1 unspecified atom stereocenters. The Morgan fingerprint density at radius 1 is 1.29 bits per heavy atom. The van der Waals surface area contributed by atoms with Crippen molar-refractivity contribution in [3.05, 3.63) is 34.9 Å². The summed E-state index contributed by atoms with van der Waals surface area (Å²) in [7, 11) is 0. The molecule has 0 spiro atoms. The highest BCUT2D eigenvalue weighted by atomic mass is 16.1. The van der Waals surface area contributed by atoms with Crippen molar-refractivity contribution in [2.24, 2.45) is 0 Å². The highest BCUT2D eigenvalue weighted by Crippen LogP contribution is 2.38. The molecule has 1 aliphatic carbocycles. The first-order valence-electron chi connectivity index (χ1n) is 6.08. The predicted octanol–water partition coefficient (Wildman–Crippen LogP) is 3.21. The van der Waals surface area contributed by atoms with Crippen molar-refractivity contribution in [3.8, 4) is 6.07 Å². The van der Waals surface area contributed by atoms with Crippen molar-refractivity contribution >= 4 is 5.78 Å². The molecule has 1 aromatic rings. The standard InChI is InChI=1S/C15H17NO/c1-11-5-6-13(8-12(11)2)15(10-16)7-3-4-14(17)9-15/h5-6,8H,3-4,7,9H2,1-2H3. The van der Waals surface area contributed by atoms with E-state index in [1.54, 1.807) is 0 Å². The van der Waals surface area contributed by atoms with E-state index < -0.39 is 5.41 Å². The molecule has 2 heteroatoms. The van der Waals surface area contributed by atoms with Crippen molar-refractivity contribution in [3.63, 3.8) is 0 Å². The quantitative estimate of drug-likeness (QED) is 0.739. The zero-order valence-electron chi connectivity index (χ0n) is 10.4. The molecule has 0 N–H and O–H groups in total. The van der Waals surface area contributed by atoms with E-state index in [2.05, 4.69) is 26.0 Å². The second-order valence-corrected chi connectivity index (χ2v) is 5.06.